The zero-order chi connectivity index (χ0) is 24.4. The van der Waals surface area contributed by atoms with Gasteiger partial charge in [-0.2, -0.15) is 13.5 Å². The molecule has 3 rings (SSSR count). The van der Waals surface area contributed by atoms with Gasteiger partial charge in [0.1, 0.15) is 5.75 Å². The van der Waals surface area contributed by atoms with E-state index in [4.69, 9.17) is 16.3 Å². The molecule has 0 atom stereocenters. The maximum absolute atomic E-state index is 13.1. The highest BCUT2D eigenvalue weighted by molar-refractivity contribution is 7.91. The number of hydrogen-bond donors (Lipinski definition) is 1. The number of carbonyl (C=O) groups is 1. The van der Waals surface area contributed by atoms with E-state index < -0.39 is 38.9 Å². The second kappa shape index (κ2) is 9.62. The number of halogens is 4. The number of amides is 2. The molecule has 11 nitrogen and oxygen atoms in total. The summed E-state index contributed by atoms with van der Waals surface area (Å²) in [6.45, 7) is 0.485. The number of aromatic nitrogens is 2. The van der Waals surface area contributed by atoms with Gasteiger partial charge in [0, 0.05) is 43.2 Å². The molecule has 182 valence electrons. The molecule has 0 unspecified atom stereocenters. The normalized spacial score (nSPS) is 15.2. The molecular weight excluding hydrogens is 495 g/mol. The van der Waals surface area contributed by atoms with Crippen molar-refractivity contribution in [3.05, 3.63) is 40.8 Å². The molecule has 1 fully saturated rings. The summed E-state index contributed by atoms with van der Waals surface area (Å²) in [5, 5.41) is 18.2. The van der Waals surface area contributed by atoms with E-state index in [1.807, 2.05) is 5.32 Å². The second-order valence-electron chi connectivity index (χ2n) is 6.90. The predicted molar refractivity (Wildman–Crippen MR) is 111 cm³/mol. The summed E-state index contributed by atoms with van der Waals surface area (Å²) in [6.07, 6.45) is -1.94. The molecular formula is C17H18ClF3N5O6S-. The third-order valence-corrected chi connectivity index (χ3v) is 6.26. The van der Waals surface area contributed by atoms with Crippen molar-refractivity contribution in [3.8, 4) is 5.75 Å². The minimum absolute atomic E-state index is 0.0571. The van der Waals surface area contributed by atoms with Gasteiger partial charge in [0.2, 0.25) is 0 Å². The molecule has 1 saturated heterocycles. The number of carbonyl (C=O) groups excluding carboxylic acids is 1. The first-order valence-corrected chi connectivity index (χ1v) is 11.1. The van der Waals surface area contributed by atoms with Crippen molar-refractivity contribution < 1.29 is 35.9 Å². The van der Waals surface area contributed by atoms with E-state index in [9.17, 15) is 31.6 Å². The van der Waals surface area contributed by atoms with Gasteiger partial charge in [-0.3, -0.25) is 9.15 Å². The van der Waals surface area contributed by atoms with Crippen LogP contribution in [0.1, 0.15) is 12.8 Å². The summed E-state index contributed by atoms with van der Waals surface area (Å²) in [7, 11) is -3.42. The number of hydrogen-bond acceptors (Lipinski definition) is 7. The monoisotopic (exact) mass is 512 g/mol. The predicted octanol–water partition coefficient (Wildman–Crippen LogP) is 3.23. The molecule has 33 heavy (non-hydrogen) atoms. The van der Waals surface area contributed by atoms with Crippen LogP contribution < -0.4 is 14.4 Å². The van der Waals surface area contributed by atoms with Crippen LogP contribution in [0.5, 0.6) is 5.75 Å². The molecule has 0 saturated carbocycles. The number of urea groups is 1. The van der Waals surface area contributed by atoms with Crippen molar-refractivity contribution in [2.24, 2.45) is 7.05 Å². The molecule has 0 spiro atoms. The van der Waals surface area contributed by atoms with Crippen LogP contribution >= 0.6 is 11.6 Å². The minimum atomic E-state index is -5.03. The molecule has 1 aliphatic heterocycles. The van der Waals surface area contributed by atoms with E-state index in [1.165, 1.54) is 17.1 Å². The van der Waals surface area contributed by atoms with Crippen molar-refractivity contribution in [2.75, 3.05) is 22.8 Å². The summed E-state index contributed by atoms with van der Waals surface area (Å²) in [6, 6.07) is 0.215. The molecule has 1 N–H and O–H groups in total. The number of nitrogens with one attached hydrogen (secondary N) is 1. The Balaban J connectivity index is 1.85. The zero-order valence-electron chi connectivity index (χ0n) is 17.0. The van der Waals surface area contributed by atoms with Crippen LogP contribution in [0.25, 0.3) is 0 Å². The van der Waals surface area contributed by atoms with Crippen LogP contribution in [-0.2, 0) is 22.0 Å². The SMILES string of the molecule is Cn1cc(N(C2CCOCC2)S(=O)(=O)N([O-])C(=O)Nc2cc(Cl)cc(OC(F)(F)F)c2)cn1. The number of ether oxygens (including phenoxy) is 2. The van der Waals surface area contributed by atoms with Crippen LogP contribution in [0.15, 0.2) is 30.6 Å². The van der Waals surface area contributed by atoms with Crippen molar-refractivity contribution in [3.63, 3.8) is 0 Å². The molecule has 2 amide bonds. The number of rotatable bonds is 6. The van der Waals surface area contributed by atoms with Crippen molar-refractivity contribution >= 4 is 39.2 Å². The number of anilines is 2. The van der Waals surface area contributed by atoms with Crippen LogP contribution in [0, 0.1) is 5.21 Å². The third-order valence-electron chi connectivity index (χ3n) is 4.45. The lowest BCUT2D eigenvalue weighted by Crippen LogP contribution is -2.51. The van der Waals surface area contributed by atoms with Gasteiger partial charge in [-0.25, -0.2) is 9.10 Å². The lowest BCUT2D eigenvalue weighted by atomic mass is 10.1. The summed E-state index contributed by atoms with van der Waals surface area (Å²) in [5.41, 5.74) is -0.330. The average Bonchev–Trinajstić information content (AvgIpc) is 3.11. The van der Waals surface area contributed by atoms with Crippen molar-refractivity contribution in [2.45, 2.75) is 25.2 Å². The van der Waals surface area contributed by atoms with Crippen molar-refractivity contribution in [1.29, 1.82) is 0 Å². The first kappa shape index (κ1) is 24.9. The van der Waals surface area contributed by atoms with Gasteiger partial charge in [0.25, 0.3) is 0 Å². The quantitative estimate of drug-likeness (QED) is 0.588. The van der Waals surface area contributed by atoms with Crippen molar-refractivity contribution in [1.82, 2.24) is 14.2 Å². The molecule has 1 aromatic heterocycles. The van der Waals surface area contributed by atoms with Crippen LogP contribution in [-0.4, -0.2) is 54.3 Å². The number of hydroxylamine groups is 1. The van der Waals surface area contributed by atoms with E-state index in [-0.39, 0.29) is 42.5 Å². The molecule has 1 aromatic carbocycles. The van der Waals surface area contributed by atoms with E-state index >= 15 is 0 Å². The summed E-state index contributed by atoms with van der Waals surface area (Å²) >= 11 is 5.73. The highest BCUT2D eigenvalue weighted by atomic mass is 35.5. The fourth-order valence-electron chi connectivity index (χ4n) is 3.16. The molecule has 0 bridgehead atoms. The largest absolute Gasteiger partial charge is 0.740 e. The highest BCUT2D eigenvalue weighted by Gasteiger charge is 2.36. The van der Waals surface area contributed by atoms with E-state index in [2.05, 4.69) is 9.84 Å². The first-order chi connectivity index (χ1) is 15.4. The Morgan fingerprint density at radius 1 is 1.33 bits per heavy atom. The molecule has 1 aliphatic rings. The third kappa shape index (κ3) is 6.19. The van der Waals surface area contributed by atoms with Crippen LogP contribution in [0.4, 0.5) is 29.3 Å². The van der Waals surface area contributed by atoms with Gasteiger partial charge >= 0.3 is 22.6 Å². The summed E-state index contributed by atoms with van der Waals surface area (Å²) in [4.78, 5) is 12.4. The molecule has 0 radical (unpaired) electrons. The van der Waals surface area contributed by atoms with Gasteiger partial charge in [-0.1, -0.05) is 11.6 Å². The van der Waals surface area contributed by atoms with Gasteiger partial charge in [-0.05, 0) is 25.0 Å². The number of alkyl halides is 3. The maximum Gasteiger partial charge on any atom is 0.573 e. The van der Waals surface area contributed by atoms with Gasteiger partial charge in [0.15, 0.2) is 0 Å². The standard InChI is InChI=1S/C17H18ClF3N5O6S/c1-24-10-14(9-22-24)25(13-2-4-31-5-3-13)33(29,30)26(28)16(27)23-12-6-11(18)7-15(8-12)32-17(19,20)21/h6-10,13H,2-5H2,1H3,(H,23,27)/q-1. The molecule has 0 aliphatic carbocycles. The average molecular weight is 513 g/mol. The Labute approximate surface area is 191 Å². The lowest BCUT2D eigenvalue weighted by molar-refractivity contribution is -0.274. The molecule has 2 aromatic rings. The fraction of sp³-hybridized carbons (Fsp3) is 0.412. The van der Waals surface area contributed by atoms with E-state index in [0.717, 1.165) is 22.5 Å². The van der Waals surface area contributed by atoms with Gasteiger partial charge < -0.3 is 20.0 Å². The maximum atomic E-state index is 13.1. The zero-order valence-corrected chi connectivity index (χ0v) is 18.5. The smallest absolute Gasteiger partial charge is 0.573 e. The summed E-state index contributed by atoms with van der Waals surface area (Å²) < 4.78 is 73.9. The Hall–Kier alpha value is -2.75. The Bertz CT molecular complexity index is 1110. The molecule has 2 heterocycles. The number of aryl methyl sites for hydroxylation is 1. The molecule has 16 heteroatoms. The van der Waals surface area contributed by atoms with E-state index in [0.29, 0.717) is 0 Å². The topological polar surface area (TPSA) is 129 Å². The lowest BCUT2D eigenvalue weighted by Gasteiger charge is -2.39. The van der Waals surface area contributed by atoms with Gasteiger partial charge in [-0.15, -0.1) is 13.2 Å². The number of benzene rings is 1. The number of nitrogens with zero attached hydrogens (tertiary/aromatic N) is 4. The van der Waals surface area contributed by atoms with Crippen LogP contribution in [0.2, 0.25) is 5.02 Å². The Kier molecular flexibility index (Phi) is 7.26. The van der Waals surface area contributed by atoms with Gasteiger partial charge in [0.05, 0.1) is 17.9 Å². The highest BCUT2D eigenvalue weighted by Crippen LogP contribution is 2.30. The minimum Gasteiger partial charge on any atom is -0.740 e. The summed E-state index contributed by atoms with van der Waals surface area (Å²) in [5.74, 6) is -0.773. The van der Waals surface area contributed by atoms with Crippen LogP contribution in [0.3, 0.4) is 0 Å². The fourth-order valence-corrected chi connectivity index (χ4v) is 4.74. The second-order valence-corrected chi connectivity index (χ2v) is 8.96. The first-order valence-electron chi connectivity index (χ1n) is 9.32. The van der Waals surface area contributed by atoms with E-state index in [1.54, 1.807) is 7.05 Å². The Morgan fingerprint density at radius 2 is 2.00 bits per heavy atom. The Morgan fingerprint density at radius 3 is 2.58 bits per heavy atom.